The van der Waals surface area contributed by atoms with E-state index < -0.39 is 0 Å². The molecule has 2 aliphatic rings. The fourth-order valence-electron chi connectivity index (χ4n) is 1.75. The molecular formula is C10H14O. The maximum atomic E-state index is 5.57. The number of hydrogen-bond donors (Lipinski definition) is 0. The predicted molar refractivity (Wildman–Crippen MR) is 45.1 cm³/mol. The quantitative estimate of drug-likeness (QED) is 0.515. The van der Waals surface area contributed by atoms with Crippen LogP contribution in [0.1, 0.15) is 20.3 Å². The third-order valence-corrected chi connectivity index (χ3v) is 2.75. The van der Waals surface area contributed by atoms with Gasteiger partial charge in [0.25, 0.3) is 0 Å². The Balaban J connectivity index is 2.30. The van der Waals surface area contributed by atoms with Crippen LogP contribution in [0.2, 0.25) is 0 Å². The molecule has 2 atom stereocenters. The van der Waals surface area contributed by atoms with E-state index in [2.05, 4.69) is 26.0 Å². The highest BCUT2D eigenvalue weighted by atomic mass is 16.5. The molecule has 2 rings (SSSR count). The third-order valence-electron chi connectivity index (χ3n) is 2.75. The summed E-state index contributed by atoms with van der Waals surface area (Å²) >= 11 is 0. The minimum Gasteiger partial charge on any atom is -0.497 e. The molecule has 1 heteroatoms. The van der Waals surface area contributed by atoms with E-state index in [1.165, 1.54) is 11.3 Å². The fourth-order valence-corrected chi connectivity index (χ4v) is 1.75. The van der Waals surface area contributed by atoms with Crippen LogP contribution in [-0.4, -0.2) is 6.61 Å². The van der Waals surface area contributed by atoms with Crippen molar-refractivity contribution in [2.75, 3.05) is 6.61 Å². The molecular weight excluding hydrogens is 136 g/mol. The molecule has 60 valence electrons. The van der Waals surface area contributed by atoms with Gasteiger partial charge in [0.15, 0.2) is 0 Å². The van der Waals surface area contributed by atoms with Crippen LogP contribution in [0.3, 0.4) is 0 Å². The van der Waals surface area contributed by atoms with E-state index in [1.807, 2.05) is 0 Å². The number of rotatable bonds is 0. The van der Waals surface area contributed by atoms with E-state index in [-0.39, 0.29) is 0 Å². The second-order valence-electron chi connectivity index (χ2n) is 3.49. The van der Waals surface area contributed by atoms with Crippen molar-refractivity contribution in [1.82, 2.24) is 0 Å². The zero-order chi connectivity index (χ0) is 7.84. The Bertz CT molecular complexity index is 225. The minimum absolute atomic E-state index is 0.595. The Labute approximate surface area is 67.7 Å². The fraction of sp³-hybridized carbons (Fsp3) is 0.600. The number of ether oxygens (including phenoxy) is 1. The van der Waals surface area contributed by atoms with Crippen LogP contribution >= 0.6 is 0 Å². The van der Waals surface area contributed by atoms with Gasteiger partial charge in [-0.3, -0.25) is 0 Å². The van der Waals surface area contributed by atoms with Gasteiger partial charge < -0.3 is 4.74 Å². The lowest BCUT2D eigenvalue weighted by atomic mass is 9.87. The molecule has 0 aromatic heterocycles. The van der Waals surface area contributed by atoms with Crippen molar-refractivity contribution < 1.29 is 4.74 Å². The first-order valence-electron chi connectivity index (χ1n) is 4.33. The van der Waals surface area contributed by atoms with Crippen molar-refractivity contribution in [1.29, 1.82) is 0 Å². The van der Waals surface area contributed by atoms with Gasteiger partial charge >= 0.3 is 0 Å². The summed E-state index contributed by atoms with van der Waals surface area (Å²) in [4.78, 5) is 0. The monoisotopic (exact) mass is 150 g/mol. The summed E-state index contributed by atoms with van der Waals surface area (Å²) in [6, 6.07) is 0. The molecule has 1 aliphatic heterocycles. The minimum atomic E-state index is 0.595. The third kappa shape index (κ3) is 0.991. The Kier molecular flexibility index (Phi) is 1.52. The lowest BCUT2D eigenvalue weighted by Crippen LogP contribution is -2.12. The summed E-state index contributed by atoms with van der Waals surface area (Å²) in [7, 11) is 0. The molecule has 2 unspecified atom stereocenters. The van der Waals surface area contributed by atoms with E-state index in [0.29, 0.717) is 11.8 Å². The SMILES string of the molecule is CC1C=CC2=C(OCC2)C1C. The largest absolute Gasteiger partial charge is 0.497 e. The average molecular weight is 150 g/mol. The molecule has 1 nitrogen and oxygen atoms in total. The van der Waals surface area contributed by atoms with Crippen LogP contribution in [-0.2, 0) is 4.74 Å². The molecule has 0 fully saturated rings. The molecule has 0 aromatic carbocycles. The summed E-state index contributed by atoms with van der Waals surface area (Å²) in [6.45, 7) is 5.38. The standard InChI is InChI=1S/C10H14O/c1-7-3-4-9-5-6-11-10(9)8(7)2/h3-4,7-8H,5-6H2,1-2H3. The van der Waals surface area contributed by atoms with Crippen molar-refractivity contribution in [2.45, 2.75) is 20.3 Å². The summed E-state index contributed by atoms with van der Waals surface area (Å²) in [5.74, 6) is 2.49. The molecule has 1 aliphatic carbocycles. The van der Waals surface area contributed by atoms with E-state index >= 15 is 0 Å². The van der Waals surface area contributed by atoms with Gasteiger partial charge in [-0.05, 0) is 11.5 Å². The van der Waals surface area contributed by atoms with Crippen LogP contribution in [0.4, 0.5) is 0 Å². The van der Waals surface area contributed by atoms with Crippen LogP contribution in [0.25, 0.3) is 0 Å². The Morgan fingerprint density at radius 3 is 3.09 bits per heavy atom. The van der Waals surface area contributed by atoms with Crippen LogP contribution < -0.4 is 0 Å². The van der Waals surface area contributed by atoms with E-state index in [0.717, 1.165) is 13.0 Å². The van der Waals surface area contributed by atoms with Gasteiger partial charge in [-0.15, -0.1) is 0 Å². The first-order chi connectivity index (χ1) is 5.29. The summed E-state index contributed by atoms with van der Waals surface area (Å²) < 4.78 is 5.57. The van der Waals surface area contributed by atoms with Gasteiger partial charge in [-0.2, -0.15) is 0 Å². The molecule has 11 heavy (non-hydrogen) atoms. The Hall–Kier alpha value is -0.720. The van der Waals surface area contributed by atoms with Gasteiger partial charge in [-0.25, -0.2) is 0 Å². The number of allylic oxidation sites excluding steroid dienone is 3. The van der Waals surface area contributed by atoms with Crippen LogP contribution in [0.5, 0.6) is 0 Å². The summed E-state index contributed by atoms with van der Waals surface area (Å²) in [5.41, 5.74) is 1.43. The molecule has 0 N–H and O–H groups in total. The predicted octanol–water partition coefficient (Wildman–Crippen LogP) is 2.50. The molecule has 0 spiro atoms. The second kappa shape index (κ2) is 2.40. The van der Waals surface area contributed by atoms with E-state index in [4.69, 9.17) is 4.74 Å². The zero-order valence-corrected chi connectivity index (χ0v) is 7.13. The lowest BCUT2D eigenvalue weighted by Gasteiger charge is -2.21. The molecule has 0 radical (unpaired) electrons. The molecule has 0 saturated carbocycles. The first-order valence-corrected chi connectivity index (χ1v) is 4.33. The molecule has 0 aromatic rings. The highest BCUT2D eigenvalue weighted by Crippen LogP contribution is 2.35. The molecule has 0 bridgehead atoms. The summed E-state index contributed by atoms with van der Waals surface area (Å²) in [6.07, 6.45) is 5.63. The Morgan fingerprint density at radius 1 is 1.45 bits per heavy atom. The van der Waals surface area contributed by atoms with Gasteiger partial charge in [0.2, 0.25) is 0 Å². The maximum Gasteiger partial charge on any atom is 0.103 e. The normalized spacial score (nSPS) is 35.5. The van der Waals surface area contributed by atoms with Crippen molar-refractivity contribution in [2.24, 2.45) is 11.8 Å². The molecule has 0 saturated heterocycles. The molecule has 0 amide bonds. The van der Waals surface area contributed by atoms with Crippen molar-refractivity contribution in [3.63, 3.8) is 0 Å². The first kappa shape index (κ1) is 6.96. The van der Waals surface area contributed by atoms with Crippen LogP contribution in [0.15, 0.2) is 23.5 Å². The van der Waals surface area contributed by atoms with Crippen LogP contribution in [0, 0.1) is 11.8 Å². The highest BCUT2D eigenvalue weighted by Gasteiger charge is 2.26. The van der Waals surface area contributed by atoms with Crippen molar-refractivity contribution in [3.05, 3.63) is 23.5 Å². The van der Waals surface area contributed by atoms with Gasteiger partial charge in [0.1, 0.15) is 5.76 Å². The summed E-state index contributed by atoms with van der Waals surface area (Å²) in [5, 5.41) is 0. The van der Waals surface area contributed by atoms with Gasteiger partial charge in [0, 0.05) is 12.3 Å². The van der Waals surface area contributed by atoms with Crippen molar-refractivity contribution in [3.8, 4) is 0 Å². The second-order valence-corrected chi connectivity index (χ2v) is 3.49. The topological polar surface area (TPSA) is 9.23 Å². The van der Waals surface area contributed by atoms with Gasteiger partial charge in [0.05, 0.1) is 6.61 Å². The Morgan fingerprint density at radius 2 is 2.27 bits per heavy atom. The average Bonchev–Trinajstić information content (AvgIpc) is 2.45. The molecule has 1 heterocycles. The number of hydrogen-bond acceptors (Lipinski definition) is 1. The van der Waals surface area contributed by atoms with Crippen molar-refractivity contribution >= 4 is 0 Å². The lowest BCUT2D eigenvalue weighted by molar-refractivity contribution is 0.198. The smallest absolute Gasteiger partial charge is 0.103 e. The maximum absolute atomic E-state index is 5.57. The van der Waals surface area contributed by atoms with E-state index in [9.17, 15) is 0 Å². The van der Waals surface area contributed by atoms with E-state index in [1.54, 1.807) is 0 Å². The van der Waals surface area contributed by atoms with Gasteiger partial charge in [-0.1, -0.05) is 26.0 Å². The zero-order valence-electron chi connectivity index (χ0n) is 7.13. The highest BCUT2D eigenvalue weighted by molar-refractivity contribution is 5.31.